The van der Waals surface area contributed by atoms with E-state index in [2.05, 4.69) is 12.2 Å². The van der Waals surface area contributed by atoms with Gasteiger partial charge in [-0.1, -0.05) is 32.6 Å². The van der Waals surface area contributed by atoms with Crippen molar-refractivity contribution in [1.29, 1.82) is 0 Å². The topological polar surface area (TPSA) is 29.1 Å². The summed E-state index contributed by atoms with van der Waals surface area (Å²) in [5, 5.41) is 3.31. The maximum absolute atomic E-state index is 12.0. The highest BCUT2D eigenvalue weighted by atomic mass is 16.1. The Kier molecular flexibility index (Phi) is 3.22. The quantitative estimate of drug-likeness (QED) is 0.746. The van der Waals surface area contributed by atoms with Crippen LogP contribution in [0.2, 0.25) is 0 Å². The first-order chi connectivity index (χ1) is 6.77. The highest BCUT2D eigenvalue weighted by Crippen LogP contribution is 2.30. The second kappa shape index (κ2) is 4.43. The Bertz CT molecular complexity index is 208. The van der Waals surface area contributed by atoms with Crippen molar-refractivity contribution in [2.75, 3.05) is 13.1 Å². The van der Waals surface area contributed by atoms with Crippen LogP contribution in [0.15, 0.2) is 0 Å². The van der Waals surface area contributed by atoms with E-state index in [0.717, 1.165) is 25.4 Å². The molecule has 0 radical (unpaired) electrons. The van der Waals surface area contributed by atoms with Crippen LogP contribution in [0.25, 0.3) is 0 Å². The average Bonchev–Trinajstić information content (AvgIpc) is 2.75. The number of hydrogen-bond acceptors (Lipinski definition) is 2. The van der Waals surface area contributed by atoms with Gasteiger partial charge in [0.25, 0.3) is 0 Å². The summed E-state index contributed by atoms with van der Waals surface area (Å²) >= 11 is 0. The molecule has 2 unspecified atom stereocenters. The molecule has 2 nitrogen and oxygen atoms in total. The molecular weight excluding hydrogens is 174 g/mol. The Morgan fingerprint density at radius 2 is 2.00 bits per heavy atom. The largest absolute Gasteiger partial charge is 0.316 e. The van der Waals surface area contributed by atoms with E-state index in [1.807, 2.05) is 0 Å². The lowest BCUT2D eigenvalue weighted by Crippen LogP contribution is -2.23. The molecule has 1 N–H and O–H groups in total. The lowest BCUT2D eigenvalue weighted by Gasteiger charge is -2.15. The third-order valence-corrected chi connectivity index (χ3v) is 3.90. The van der Waals surface area contributed by atoms with Crippen LogP contribution in [0.3, 0.4) is 0 Å². The summed E-state index contributed by atoms with van der Waals surface area (Å²) < 4.78 is 0. The van der Waals surface area contributed by atoms with Crippen molar-refractivity contribution >= 4 is 5.78 Å². The Morgan fingerprint density at radius 1 is 1.29 bits per heavy atom. The first-order valence-corrected chi connectivity index (χ1v) is 6.01. The van der Waals surface area contributed by atoms with E-state index in [0.29, 0.717) is 17.6 Å². The maximum atomic E-state index is 12.0. The van der Waals surface area contributed by atoms with Gasteiger partial charge in [-0.15, -0.1) is 0 Å². The van der Waals surface area contributed by atoms with Gasteiger partial charge in [-0.3, -0.25) is 4.79 Å². The summed E-state index contributed by atoms with van der Waals surface area (Å²) in [6.45, 7) is 4.14. The molecule has 1 aliphatic heterocycles. The first-order valence-electron chi connectivity index (χ1n) is 6.01. The van der Waals surface area contributed by atoms with Crippen LogP contribution in [-0.2, 0) is 4.79 Å². The van der Waals surface area contributed by atoms with Crippen molar-refractivity contribution in [3.05, 3.63) is 0 Å². The summed E-state index contributed by atoms with van der Waals surface area (Å²) in [5.41, 5.74) is 0. The molecule has 2 fully saturated rings. The van der Waals surface area contributed by atoms with E-state index < -0.39 is 0 Å². The normalized spacial score (nSPS) is 33.8. The standard InChI is InChI=1S/C12H21NO/c1-9-7-13-8-11(9)12(14)6-10-4-2-3-5-10/h9-11,13H,2-8H2,1H3. The minimum Gasteiger partial charge on any atom is -0.316 e. The maximum Gasteiger partial charge on any atom is 0.137 e. The molecule has 1 heterocycles. The molecule has 1 aliphatic carbocycles. The SMILES string of the molecule is CC1CNCC1C(=O)CC1CCCC1. The van der Waals surface area contributed by atoms with E-state index in [1.165, 1.54) is 25.7 Å². The molecule has 0 amide bonds. The molecule has 0 aromatic carbocycles. The van der Waals surface area contributed by atoms with Crippen LogP contribution in [0.1, 0.15) is 39.0 Å². The predicted molar refractivity (Wildman–Crippen MR) is 57.1 cm³/mol. The van der Waals surface area contributed by atoms with Gasteiger partial charge >= 0.3 is 0 Å². The van der Waals surface area contributed by atoms with Crippen LogP contribution < -0.4 is 5.32 Å². The Balaban J connectivity index is 1.82. The van der Waals surface area contributed by atoms with Gasteiger partial charge < -0.3 is 5.32 Å². The van der Waals surface area contributed by atoms with E-state index in [4.69, 9.17) is 0 Å². The molecular formula is C12H21NO. The number of ketones is 1. The molecule has 0 spiro atoms. The minimum absolute atomic E-state index is 0.315. The molecule has 2 rings (SSSR count). The monoisotopic (exact) mass is 195 g/mol. The van der Waals surface area contributed by atoms with Gasteiger partial charge in [0.2, 0.25) is 0 Å². The summed E-state index contributed by atoms with van der Waals surface area (Å²) in [5.74, 6) is 2.12. The highest BCUT2D eigenvalue weighted by Gasteiger charge is 2.31. The summed E-state index contributed by atoms with van der Waals surface area (Å²) in [4.78, 5) is 12.0. The van der Waals surface area contributed by atoms with Gasteiger partial charge in [0, 0.05) is 18.9 Å². The zero-order valence-electron chi connectivity index (χ0n) is 9.09. The molecule has 0 bridgehead atoms. The van der Waals surface area contributed by atoms with Crippen LogP contribution in [0.4, 0.5) is 0 Å². The Morgan fingerprint density at radius 3 is 2.57 bits per heavy atom. The zero-order chi connectivity index (χ0) is 9.97. The van der Waals surface area contributed by atoms with Crippen LogP contribution >= 0.6 is 0 Å². The molecule has 0 aromatic heterocycles. The lowest BCUT2D eigenvalue weighted by atomic mass is 9.88. The fourth-order valence-corrected chi connectivity index (χ4v) is 2.89. The Labute approximate surface area is 86.5 Å². The smallest absolute Gasteiger partial charge is 0.137 e. The van der Waals surface area contributed by atoms with Gasteiger partial charge in [0.1, 0.15) is 5.78 Å². The lowest BCUT2D eigenvalue weighted by molar-refractivity contribution is -0.124. The molecule has 14 heavy (non-hydrogen) atoms. The molecule has 2 heteroatoms. The van der Waals surface area contributed by atoms with Crippen LogP contribution in [-0.4, -0.2) is 18.9 Å². The summed E-state index contributed by atoms with van der Waals surface area (Å²) in [6, 6.07) is 0. The second-order valence-corrected chi connectivity index (χ2v) is 5.06. The van der Waals surface area contributed by atoms with Gasteiger partial charge in [0.05, 0.1) is 0 Å². The highest BCUT2D eigenvalue weighted by molar-refractivity contribution is 5.82. The number of carbonyl (C=O) groups excluding carboxylic acids is 1. The minimum atomic E-state index is 0.315. The van der Waals surface area contributed by atoms with E-state index in [-0.39, 0.29) is 0 Å². The predicted octanol–water partition coefficient (Wildman–Crippen LogP) is 1.99. The molecule has 2 aliphatic rings. The van der Waals surface area contributed by atoms with Crippen molar-refractivity contribution in [2.45, 2.75) is 39.0 Å². The fourth-order valence-electron chi connectivity index (χ4n) is 2.89. The zero-order valence-corrected chi connectivity index (χ0v) is 9.09. The fraction of sp³-hybridized carbons (Fsp3) is 0.917. The number of hydrogen-bond donors (Lipinski definition) is 1. The molecule has 2 atom stereocenters. The third-order valence-electron chi connectivity index (χ3n) is 3.90. The van der Waals surface area contributed by atoms with Crippen molar-refractivity contribution in [2.24, 2.45) is 17.8 Å². The van der Waals surface area contributed by atoms with Crippen molar-refractivity contribution in [3.63, 3.8) is 0 Å². The van der Waals surface area contributed by atoms with Crippen molar-refractivity contribution in [1.82, 2.24) is 5.32 Å². The number of Topliss-reactive ketones (excluding diaryl/α,β-unsaturated/α-hetero) is 1. The van der Waals surface area contributed by atoms with Gasteiger partial charge in [-0.25, -0.2) is 0 Å². The number of rotatable bonds is 3. The van der Waals surface area contributed by atoms with E-state index >= 15 is 0 Å². The van der Waals surface area contributed by atoms with Crippen molar-refractivity contribution < 1.29 is 4.79 Å². The molecule has 0 aromatic rings. The molecule has 1 saturated carbocycles. The first kappa shape index (κ1) is 10.2. The third kappa shape index (κ3) is 2.17. The van der Waals surface area contributed by atoms with Crippen LogP contribution in [0, 0.1) is 17.8 Å². The summed E-state index contributed by atoms with van der Waals surface area (Å²) in [7, 11) is 0. The molecule has 80 valence electrons. The van der Waals surface area contributed by atoms with Gasteiger partial charge in [-0.2, -0.15) is 0 Å². The molecule has 1 saturated heterocycles. The van der Waals surface area contributed by atoms with E-state index in [1.54, 1.807) is 0 Å². The average molecular weight is 195 g/mol. The van der Waals surface area contributed by atoms with Crippen LogP contribution in [0.5, 0.6) is 0 Å². The van der Waals surface area contributed by atoms with Gasteiger partial charge in [0.15, 0.2) is 0 Å². The Hall–Kier alpha value is -0.370. The number of nitrogens with one attached hydrogen (secondary N) is 1. The summed E-state index contributed by atoms with van der Waals surface area (Å²) in [6.07, 6.45) is 6.13. The van der Waals surface area contributed by atoms with Gasteiger partial charge in [-0.05, 0) is 18.4 Å². The number of carbonyl (C=O) groups is 1. The van der Waals surface area contributed by atoms with Crippen molar-refractivity contribution in [3.8, 4) is 0 Å². The second-order valence-electron chi connectivity index (χ2n) is 5.06. The van der Waals surface area contributed by atoms with E-state index in [9.17, 15) is 4.79 Å².